The monoisotopic (exact) mass is 293 g/mol. The highest BCUT2D eigenvalue weighted by Gasteiger charge is 2.23. The Hall–Kier alpha value is -2.62. The average molecular weight is 293 g/mol. The number of anilines is 1. The Labute approximate surface area is 130 Å². The topological polar surface area (TPSA) is 37.6 Å². The number of benzene rings is 1. The third-order valence-corrected chi connectivity index (χ3v) is 3.77. The molecule has 0 saturated carbocycles. The Morgan fingerprint density at radius 3 is 2.50 bits per heavy atom. The Balaban J connectivity index is 2.11. The van der Waals surface area contributed by atoms with Crippen LogP contribution in [0.3, 0.4) is 0 Å². The number of rotatable bonds is 4. The summed E-state index contributed by atoms with van der Waals surface area (Å²) in [5.74, 6) is -0.00995. The Kier molecular flexibility index (Phi) is 3.92. The van der Waals surface area contributed by atoms with Gasteiger partial charge in [-0.25, -0.2) is 4.98 Å². The lowest BCUT2D eigenvalue weighted by atomic mass is 10.2. The molecule has 112 valence electrons. The molecule has 3 aromatic rings. The fraction of sp³-hybridized carbons (Fsp3) is 0.222. The number of imidazole rings is 1. The first-order valence-corrected chi connectivity index (χ1v) is 7.59. The standard InChI is InChI=1S/C18H19N3O/c1-3-15-17(21-13-9-8-12-16(21)19-15)18(22)20(4-2)14-10-6-5-7-11-14/h5-13H,3-4H2,1-2H3. The minimum Gasteiger partial charge on any atom is -0.307 e. The van der Waals surface area contributed by atoms with Crippen molar-refractivity contribution in [2.24, 2.45) is 0 Å². The summed E-state index contributed by atoms with van der Waals surface area (Å²) < 4.78 is 1.88. The molecule has 0 aliphatic carbocycles. The van der Waals surface area contributed by atoms with E-state index < -0.39 is 0 Å². The smallest absolute Gasteiger partial charge is 0.277 e. The van der Waals surface area contributed by atoms with Crippen LogP contribution in [0.15, 0.2) is 54.7 Å². The molecule has 1 amide bonds. The number of fused-ring (bicyclic) bond motifs is 1. The molecular weight excluding hydrogens is 274 g/mol. The molecule has 0 fully saturated rings. The number of aromatic nitrogens is 2. The van der Waals surface area contributed by atoms with Gasteiger partial charge in [-0.05, 0) is 37.6 Å². The third kappa shape index (κ3) is 2.37. The fourth-order valence-corrected chi connectivity index (χ4v) is 2.70. The predicted octanol–water partition coefficient (Wildman–Crippen LogP) is 3.56. The van der Waals surface area contributed by atoms with Crippen molar-refractivity contribution in [1.82, 2.24) is 9.38 Å². The molecule has 4 nitrogen and oxygen atoms in total. The fourth-order valence-electron chi connectivity index (χ4n) is 2.70. The van der Waals surface area contributed by atoms with Crippen molar-refractivity contribution in [2.45, 2.75) is 20.3 Å². The highest BCUT2D eigenvalue weighted by molar-refractivity contribution is 6.06. The summed E-state index contributed by atoms with van der Waals surface area (Å²) in [6, 6.07) is 15.5. The highest BCUT2D eigenvalue weighted by atomic mass is 16.2. The first kappa shape index (κ1) is 14.3. The lowest BCUT2D eigenvalue weighted by Gasteiger charge is -2.21. The highest BCUT2D eigenvalue weighted by Crippen LogP contribution is 2.20. The van der Waals surface area contributed by atoms with Crippen LogP contribution in [-0.2, 0) is 6.42 Å². The van der Waals surface area contributed by atoms with Crippen molar-refractivity contribution in [1.29, 1.82) is 0 Å². The van der Waals surface area contributed by atoms with E-state index in [1.165, 1.54) is 0 Å². The van der Waals surface area contributed by atoms with Crippen LogP contribution in [0.5, 0.6) is 0 Å². The molecule has 0 saturated heterocycles. The maximum atomic E-state index is 13.1. The van der Waals surface area contributed by atoms with Gasteiger partial charge in [-0.3, -0.25) is 9.20 Å². The maximum absolute atomic E-state index is 13.1. The van der Waals surface area contributed by atoms with Gasteiger partial charge in [0, 0.05) is 18.4 Å². The van der Waals surface area contributed by atoms with E-state index in [2.05, 4.69) is 4.98 Å². The summed E-state index contributed by atoms with van der Waals surface area (Å²) in [7, 11) is 0. The number of hydrogen-bond donors (Lipinski definition) is 0. The molecule has 0 radical (unpaired) electrons. The number of amides is 1. The number of hydrogen-bond acceptors (Lipinski definition) is 2. The van der Waals surface area contributed by atoms with Crippen molar-refractivity contribution in [3.63, 3.8) is 0 Å². The van der Waals surface area contributed by atoms with E-state index >= 15 is 0 Å². The normalized spacial score (nSPS) is 10.8. The van der Waals surface area contributed by atoms with E-state index in [9.17, 15) is 4.79 Å². The molecule has 0 unspecified atom stereocenters. The van der Waals surface area contributed by atoms with Crippen molar-refractivity contribution in [3.8, 4) is 0 Å². The SMILES string of the molecule is CCc1nc2ccccn2c1C(=O)N(CC)c1ccccc1. The lowest BCUT2D eigenvalue weighted by Crippen LogP contribution is -2.32. The molecule has 2 aromatic heterocycles. The molecule has 0 N–H and O–H groups in total. The summed E-state index contributed by atoms with van der Waals surface area (Å²) in [5.41, 5.74) is 3.21. The van der Waals surface area contributed by atoms with Crippen molar-refractivity contribution in [2.75, 3.05) is 11.4 Å². The molecule has 0 atom stereocenters. The van der Waals surface area contributed by atoms with Crippen LogP contribution in [-0.4, -0.2) is 21.8 Å². The second-order valence-electron chi connectivity index (χ2n) is 5.07. The van der Waals surface area contributed by atoms with Gasteiger partial charge in [0.1, 0.15) is 11.3 Å². The van der Waals surface area contributed by atoms with Crippen molar-refractivity contribution < 1.29 is 4.79 Å². The summed E-state index contributed by atoms with van der Waals surface area (Å²) >= 11 is 0. The predicted molar refractivity (Wildman–Crippen MR) is 88.4 cm³/mol. The number of carbonyl (C=O) groups is 1. The maximum Gasteiger partial charge on any atom is 0.277 e. The first-order valence-electron chi connectivity index (χ1n) is 7.59. The van der Waals surface area contributed by atoms with Gasteiger partial charge >= 0.3 is 0 Å². The summed E-state index contributed by atoms with van der Waals surface area (Å²) in [4.78, 5) is 19.5. The lowest BCUT2D eigenvalue weighted by molar-refractivity contribution is 0.0981. The molecule has 0 aliphatic heterocycles. The number of para-hydroxylation sites is 1. The van der Waals surface area contributed by atoms with Gasteiger partial charge in [0.05, 0.1) is 5.69 Å². The second kappa shape index (κ2) is 6.02. The zero-order valence-electron chi connectivity index (χ0n) is 12.9. The van der Waals surface area contributed by atoms with Gasteiger partial charge in [0.25, 0.3) is 5.91 Å². The van der Waals surface area contributed by atoms with Crippen LogP contribution in [0.4, 0.5) is 5.69 Å². The molecule has 0 spiro atoms. The quantitative estimate of drug-likeness (QED) is 0.737. The summed E-state index contributed by atoms with van der Waals surface area (Å²) in [5, 5.41) is 0. The van der Waals surface area contributed by atoms with Gasteiger partial charge in [0.15, 0.2) is 0 Å². The van der Waals surface area contributed by atoms with E-state index in [0.717, 1.165) is 23.4 Å². The summed E-state index contributed by atoms with van der Waals surface area (Å²) in [6.07, 6.45) is 2.63. The largest absolute Gasteiger partial charge is 0.307 e. The minimum absolute atomic E-state index is 0.00995. The van der Waals surface area contributed by atoms with Crippen LogP contribution < -0.4 is 4.90 Å². The molecule has 22 heavy (non-hydrogen) atoms. The minimum atomic E-state index is -0.00995. The van der Waals surface area contributed by atoms with Crippen LogP contribution in [0.25, 0.3) is 5.65 Å². The zero-order chi connectivity index (χ0) is 15.5. The van der Waals surface area contributed by atoms with Crippen molar-refractivity contribution in [3.05, 3.63) is 66.1 Å². The Morgan fingerprint density at radius 2 is 1.82 bits per heavy atom. The number of pyridine rings is 1. The molecule has 3 rings (SSSR count). The van der Waals surface area contributed by atoms with Gasteiger partial charge in [-0.1, -0.05) is 31.2 Å². The van der Waals surface area contributed by atoms with Crippen LogP contribution in [0.1, 0.15) is 30.0 Å². The van der Waals surface area contributed by atoms with E-state index in [0.29, 0.717) is 12.2 Å². The second-order valence-corrected chi connectivity index (χ2v) is 5.07. The van der Waals surface area contributed by atoms with E-state index in [-0.39, 0.29) is 5.91 Å². The molecule has 1 aromatic carbocycles. The van der Waals surface area contributed by atoms with Crippen LogP contribution >= 0.6 is 0 Å². The van der Waals surface area contributed by atoms with E-state index in [1.54, 1.807) is 4.90 Å². The third-order valence-electron chi connectivity index (χ3n) is 3.77. The molecule has 0 aliphatic rings. The Bertz CT molecular complexity index is 792. The zero-order valence-corrected chi connectivity index (χ0v) is 12.9. The van der Waals surface area contributed by atoms with Crippen molar-refractivity contribution >= 4 is 17.2 Å². The van der Waals surface area contributed by atoms with Gasteiger partial charge in [0.2, 0.25) is 0 Å². The van der Waals surface area contributed by atoms with Crippen LogP contribution in [0, 0.1) is 0 Å². The Morgan fingerprint density at radius 1 is 1.09 bits per heavy atom. The summed E-state index contributed by atoms with van der Waals surface area (Å²) in [6.45, 7) is 4.63. The molecular formula is C18H19N3O. The van der Waals surface area contributed by atoms with E-state index in [4.69, 9.17) is 0 Å². The number of aryl methyl sites for hydroxylation is 1. The molecule has 0 bridgehead atoms. The molecule has 2 heterocycles. The van der Waals surface area contributed by atoms with Gasteiger partial charge < -0.3 is 4.90 Å². The number of nitrogens with zero attached hydrogens (tertiary/aromatic N) is 3. The number of carbonyl (C=O) groups excluding carboxylic acids is 1. The van der Waals surface area contributed by atoms with E-state index in [1.807, 2.05) is 73.0 Å². The average Bonchev–Trinajstić information content (AvgIpc) is 2.95. The molecule has 4 heteroatoms. The van der Waals surface area contributed by atoms with Crippen LogP contribution in [0.2, 0.25) is 0 Å². The first-order chi connectivity index (χ1) is 10.8. The van der Waals surface area contributed by atoms with Gasteiger partial charge in [-0.2, -0.15) is 0 Å². The van der Waals surface area contributed by atoms with Gasteiger partial charge in [-0.15, -0.1) is 0 Å².